The quantitative estimate of drug-likeness (QED) is 0.717. The van der Waals surface area contributed by atoms with Crippen LogP contribution in [0.25, 0.3) is 11.0 Å². The Hall–Kier alpha value is -2.33. The molecule has 2 aromatic carbocycles. The largest absolute Gasteiger partial charge is 0.369 e. The first-order chi connectivity index (χ1) is 9.65. The monoisotopic (exact) mass is 267 g/mol. The summed E-state index contributed by atoms with van der Waals surface area (Å²) in [5.74, 6) is 0.653. The predicted octanol–water partition coefficient (Wildman–Crippen LogP) is 2.98. The summed E-state index contributed by atoms with van der Waals surface area (Å²) in [5.41, 5.74) is 3.89. The first-order valence-electron chi connectivity index (χ1n) is 6.58. The highest BCUT2D eigenvalue weighted by Crippen LogP contribution is 2.21. The number of fused-ring (bicyclic) bond motifs is 1. The number of anilines is 1. The van der Waals surface area contributed by atoms with E-state index in [2.05, 4.69) is 10.3 Å². The molecule has 0 spiro atoms. The van der Waals surface area contributed by atoms with Crippen LogP contribution >= 0.6 is 0 Å². The third kappa shape index (κ3) is 2.26. The van der Waals surface area contributed by atoms with E-state index in [9.17, 15) is 5.11 Å². The number of hydrogen-bond acceptors (Lipinski definition) is 3. The van der Waals surface area contributed by atoms with Crippen LogP contribution in [0.4, 0.5) is 5.95 Å². The van der Waals surface area contributed by atoms with Crippen LogP contribution in [0.1, 0.15) is 17.4 Å². The average molecular weight is 267 g/mol. The summed E-state index contributed by atoms with van der Waals surface area (Å²) in [6.07, 6.45) is -0.773. The maximum absolute atomic E-state index is 10.3. The number of aromatic nitrogens is 2. The summed E-state index contributed by atoms with van der Waals surface area (Å²) in [5, 5.41) is 13.3. The van der Waals surface area contributed by atoms with Gasteiger partial charge in [0.15, 0.2) is 6.23 Å². The van der Waals surface area contributed by atoms with E-state index in [0.717, 1.165) is 22.2 Å². The second-order valence-electron chi connectivity index (χ2n) is 4.94. The van der Waals surface area contributed by atoms with Crippen LogP contribution in [0, 0.1) is 6.92 Å². The molecule has 20 heavy (non-hydrogen) atoms. The van der Waals surface area contributed by atoms with Gasteiger partial charge in [-0.1, -0.05) is 42.0 Å². The number of nitrogens with one attached hydrogen (secondary N) is 1. The Kier molecular flexibility index (Phi) is 3.16. The Morgan fingerprint density at radius 2 is 1.95 bits per heavy atom. The van der Waals surface area contributed by atoms with E-state index in [4.69, 9.17) is 0 Å². The van der Waals surface area contributed by atoms with Gasteiger partial charge < -0.3 is 15.0 Å². The molecule has 0 aliphatic rings. The lowest BCUT2D eigenvalue weighted by molar-refractivity contribution is 0.206. The Labute approximate surface area is 117 Å². The summed E-state index contributed by atoms with van der Waals surface area (Å²) in [6.45, 7) is 2.01. The molecule has 1 unspecified atom stereocenters. The molecule has 0 fully saturated rings. The fraction of sp³-hybridized carbons (Fsp3) is 0.188. The zero-order valence-corrected chi connectivity index (χ0v) is 11.5. The van der Waals surface area contributed by atoms with Gasteiger partial charge in [-0.15, -0.1) is 0 Å². The van der Waals surface area contributed by atoms with E-state index >= 15 is 0 Å². The number of aliphatic hydroxyl groups excluding tert-OH is 1. The van der Waals surface area contributed by atoms with Gasteiger partial charge >= 0.3 is 0 Å². The van der Waals surface area contributed by atoms with Crippen molar-refractivity contribution in [3.05, 3.63) is 59.7 Å². The first-order valence-corrected chi connectivity index (χ1v) is 6.58. The summed E-state index contributed by atoms with van der Waals surface area (Å²) >= 11 is 0. The van der Waals surface area contributed by atoms with Crippen LogP contribution in [0.15, 0.2) is 48.5 Å². The molecule has 0 aliphatic carbocycles. The van der Waals surface area contributed by atoms with Crippen molar-refractivity contribution in [2.45, 2.75) is 13.2 Å². The maximum atomic E-state index is 10.3. The van der Waals surface area contributed by atoms with E-state index in [1.54, 1.807) is 0 Å². The topological polar surface area (TPSA) is 50.1 Å². The molecule has 0 aliphatic heterocycles. The molecular formula is C16H17N3O. The van der Waals surface area contributed by atoms with Crippen LogP contribution in [0.5, 0.6) is 0 Å². The highest BCUT2D eigenvalue weighted by atomic mass is 16.3. The molecule has 0 bridgehead atoms. The summed E-state index contributed by atoms with van der Waals surface area (Å²) in [6, 6.07) is 15.7. The molecule has 1 aromatic heterocycles. The molecule has 3 rings (SSSR count). The van der Waals surface area contributed by atoms with Crippen molar-refractivity contribution < 1.29 is 5.11 Å². The molecule has 0 amide bonds. The standard InChI is InChI=1S/C16H17N3O/c1-11-6-5-7-12(10-11)15(20)18-16-17-13-8-3-4-9-14(13)19(16)2/h3-10,15,20H,1-2H3,(H,17,18). The summed E-state index contributed by atoms with van der Waals surface area (Å²) < 4.78 is 1.94. The van der Waals surface area contributed by atoms with Crippen molar-refractivity contribution in [2.24, 2.45) is 7.05 Å². The van der Waals surface area contributed by atoms with Gasteiger partial charge in [0.2, 0.25) is 5.95 Å². The first kappa shape index (κ1) is 12.7. The van der Waals surface area contributed by atoms with Crippen molar-refractivity contribution in [2.75, 3.05) is 5.32 Å². The molecule has 1 atom stereocenters. The lowest BCUT2D eigenvalue weighted by Crippen LogP contribution is -2.13. The third-order valence-electron chi connectivity index (χ3n) is 3.41. The van der Waals surface area contributed by atoms with Gasteiger partial charge in [0.05, 0.1) is 11.0 Å². The molecule has 102 valence electrons. The van der Waals surface area contributed by atoms with Crippen molar-refractivity contribution >= 4 is 17.0 Å². The SMILES string of the molecule is Cc1cccc(C(O)Nc2nc3ccccc3n2C)c1. The molecule has 4 nitrogen and oxygen atoms in total. The highest BCUT2D eigenvalue weighted by Gasteiger charge is 2.12. The average Bonchev–Trinajstić information content (AvgIpc) is 2.76. The minimum absolute atomic E-state index is 0.653. The predicted molar refractivity (Wildman–Crippen MR) is 80.5 cm³/mol. The number of nitrogens with zero attached hydrogens (tertiary/aromatic N) is 2. The van der Waals surface area contributed by atoms with Crippen LogP contribution in [-0.4, -0.2) is 14.7 Å². The molecule has 0 saturated carbocycles. The molecule has 3 aromatic rings. The third-order valence-corrected chi connectivity index (χ3v) is 3.41. The Morgan fingerprint density at radius 1 is 1.15 bits per heavy atom. The number of hydrogen-bond donors (Lipinski definition) is 2. The lowest BCUT2D eigenvalue weighted by atomic mass is 10.1. The van der Waals surface area contributed by atoms with Gasteiger partial charge in [0.25, 0.3) is 0 Å². The van der Waals surface area contributed by atoms with Crippen LogP contribution in [-0.2, 0) is 7.05 Å². The van der Waals surface area contributed by atoms with Crippen molar-refractivity contribution in [3.8, 4) is 0 Å². The smallest absolute Gasteiger partial charge is 0.205 e. The summed E-state index contributed by atoms with van der Waals surface area (Å²) in [4.78, 5) is 4.49. The highest BCUT2D eigenvalue weighted by molar-refractivity contribution is 5.78. The van der Waals surface area contributed by atoms with Crippen molar-refractivity contribution in [3.63, 3.8) is 0 Å². The second kappa shape index (κ2) is 4.98. The van der Waals surface area contributed by atoms with Crippen molar-refractivity contribution in [1.82, 2.24) is 9.55 Å². The van der Waals surface area contributed by atoms with Crippen LogP contribution in [0.3, 0.4) is 0 Å². The van der Waals surface area contributed by atoms with E-state index in [1.807, 2.05) is 67.1 Å². The molecule has 1 heterocycles. The maximum Gasteiger partial charge on any atom is 0.205 e. The molecular weight excluding hydrogens is 250 g/mol. The fourth-order valence-electron chi connectivity index (χ4n) is 2.32. The molecule has 4 heteroatoms. The number of para-hydroxylation sites is 2. The lowest BCUT2D eigenvalue weighted by Gasteiger charge is -2.14. The number of imidazole rings is 1. The van der Waals surface area contributed by atoms with Gasteiger partial charge in [-0.25, -0.2) is 4.98 Å². The minimum Gasteiger partial charge on any atom is -0.369 e. The van der Waals surface area contributed by atoms with Crippen LogP contribution in [0.2, 0.25) is 0 Å². The van der Waals surface area contributed by atoms with E-state index in [1.165, 1.54) is 0 Å². The fourth-order valence-corrected chi connectivity index (χ4v) is 2.32. The number of aliphatic hydroxyl groups is 1. The molecule has 2 N–H and O–H groups in total. The van der Waals surface area contributed by atoms with E-state index in [0.29, 0.717) is 5.95 Å². The van der Waals surface area contributed by atoms with E-state index in [-0.39, 0.29) is 0 Å². The van der Waals surface area contributed by atoms with E-state index < -0.39 is 6.23 Å². The van der Waals surface area contributed by atoms with Gasteiger partial charge in [-0.3, -0.25) is 0 Å². The number of benzene rings is 2. The minimum atomic E-state index is -0.773. The van der Waals surface area contributed by atoms with Gasteiger partial charge in [0.1, 0.15) is 0 Å². The second-order valence-corrected chi connectivity index (χ2v) is 4.94. The Balaban J connectivity index is 1.91. The van der Waals surface area contributed by atoms with Gasteiger partial charge in [-0.05, 0) is 19.1 Å². The normalized spacial score (nSPS) is 12.6. The Bertz CT molecular complexity index is 748. The van der Waals surface area contributed by atoms with Crippen LogP contribution < -0.4 is 5.32 Å². The number of aryl methyl sites for hydroxylation is 2. The molecule has 0 radical (unpaired) electrons. The Morgan fingerprint density at radius 3 is 2.70 bits per heavy atom. The summed E-state index contributed by atoms with van der Waals surface area (Å²) in [7, 11) is 1.93. The van der Waals surface area contributed by atoms with Gasteiger partial charge in [0, 0.05) is 12.6 Å². The number of rotatable bonds is 3. The zero-order valence-electron chi connectivity index (χ0n) is 11.5. The van der Waals surface area contributed by atoms with Crippen molar-refractivity contribution in [1.29, 1.82) is 0 Å². The molecule has 0 saturated heterocycles. The van der Waals surface area contributed by atoms with Gasteiger partial charge in [-0.2, -0.15) is 0 Å². The zero-order chi connectivity index (χ0) is 14.1.